The van der Waals surface area contributed by atoms with E-state index in [9.17, 15) is 9.90 Å². The van der Waals surface area contributed by atoms with Gasteiger partial charge in [0.2, 0.25) is 0 Å². The van der Waals surface area contributed by atoms with Crippen molar-refractivity contribution in [2.75, 3.05) is 5.73 Å². The Balaban J connectivity index is 2.94. The first kappa shape index (κ1) is 13.8. The topological polar surface area (TPSA) is 75.3 Å². The molecule has 1 aromatic rings. The van der Waals surface area contributed by atoms with Crippen LogP contribution in [0.1, 0.15) is 31.1 Å². The van der Waals surface area contributed by atoms with E-state index in [-0.39, 0.29) is 5.91 Å². The molecule has 1 unspecified atom stereocenters. The Labute approximate surface area is 106 Å². The van der Waals surface area contributed by atoms with Crippen LogP contribution in [-0.2, 0) is 0 Å². The van der Waals surface area contributed by atoms with Gasteiger partial charge in [-0.25, -0.2) is 0 Å². The molecule has 0 aromatic heterocycles. The first-order valence-corrected chi connectivity index (χ1v) is 5.67. The summed E-state index contributed by atoms with van der Waals surface area (Å²) in [7, 11) is 0. The largest absolute Gasteiger partial charge is 0.398 e. The predicted octanol–water partition coefficient (Wildman–Crippen LogP) is 1.81. The van der Waals surface area contributed by atoms with Crippen LogP contribution in [0, 0.1) is 0 Å². The average molecular weight is 257 g/mol. The first-order valence-electron chi connectivity index (χ1n) is 5.29. The van der Waals surface area contributed by atoms with E-state index in [4.69, 9.17) is 17.3 Å². The molecule has 0 aliphatic rings. The third-order valence-corrected chi connectivity index (χ3v) is 2.98. The molecule has 0 aliphatic heterocycles. The molecule has 1 atom stereocenters. The van der Waals surface area contributed by atoms with Gasteiger partial charge in [0.05, 0.1) is 17.2 Å². The SMILES string of the molecule is CC(O)C(C)(C)NC(=O)c1cc(Cl)ccc1N. The van der Waals surface area contributed by atoms with E-state index < -0.39 is 11.6 Å². The van der Waals surface area contributed by atoms with Gasteiger partial charge in [-0.1, -0.05) is 11.6 Å². The number of carbonyl (C=O) groups excluding carboxylic acids is 1. The van der Waals surface area contributed by atoms with E-state index in [1.165, 1.54) is 6.07 Å². The van der Waals surface area contributed by atoms with E-state index in [1.54, 1.807) is 32.9 Å². The van der Waals surface area contributed by atoms with Crippen LogP contribution >= 0.6 is 11.6 Å². The van der Waals surface area contributed by atoms with Gasteiger partial charge in [0, 0.05) is 10.7 Å². The number of benzene rings is 1. The van der Waals surface area contributed by atoms with Crippen LogP contribution in [-0.4, -0.2) is 22.7 Å². The fourth-order valence-electron chi connectivity index (χ4n) is 1.19. The Morgan fingerprint density at radius 2 is 2.12 bits per heavy atom. The van der Waals surface area contributed by atoms with Crippen molar-refractivity contribution in [3.63, 3.8) is 0 Å². The third kappa shape index (κ3) is 3.35. The lowest BCUT2D eigenvalue weighted by atomic mass is 9.98. The number of aliphatic hydroxyl groups is 1. The minimum atomic E-state index is -0.730. The van der Waals surface area contributed by atoms with E-state index >= 15 is 0 Å². The van der Waals surface area contributed by atoms with Crippen LogP contribution in [0.3, 0.4) is 0 Å². The summed E-state index contributed by atoms with van der Waals surface area (Å²) in [6, 6.07) is 4.70. The number of anilines is 1. The van der Waals surface area contributed by atoms with Crippen LogP contribution in [0.5, 0.6) is 0 Å². The molecule has 0 bridgehead atoms. The lowest BCUT2D eigenvalue weighted by Crippen LogP contribution is -2.51. The van der Waals surface area contributed by atoms with Gasteiger partial charge >= 0.3 is 0 Å². The molecule has 5 heteroatoms. The minimum absolute atomic E-state index is 0.311. The molecule has 0 aliphatic carbocycles. The Kier molecular flexibility index (Phi) is 4.01. The second kappa shape index (κ2) is 4.94. The van der Waals surface area contributed by atoms with Crippen LogP contribution < -0.4 is 11.1 Å². The minimum Gasteiger partial charge on any atom is -0.398 e. The molecule has 0 spiro atoms. The Morgan fingerprint density at radius 3 is 2.65 bits per heavy atom. The molecule has 0 fully saturated rings. The predicted molar refractivity (Wildman–Crippen MR) is 69.1 cm³/mol. The summed E-state index contributed by atoms with van der Waals surface area (Å²) in [6.07, 6.45) is -0.674. The van der Waals surface area contributed by atoms with Crippen molar-refractivity contribution in [2.45, 2.75) is 32.4 Å². The van der Waals surface area contributed by atoms with Gasteiger partial charge in [-0.05, 0) is 39.0 Å². The molecule has 4 N–H and O–H groups in total. The quantitative estimate of drug-likeness (QED) is 0.722. The molecule has 0 saturated heterocycles. The molecule has 1 aromatic carbocycles. The van der Waals surface area contributed by atoms with Crippen molar-refractivity contribution >= 4 is 23.2 Å². The number of nitrogen functional groups attached to an aromatic ring is 1. The monoisotopic (exact) mass is 256 g/mol. The molecule has 1 amide bonds. The standard InChI is InChI=1S/C12H17ClN2O2/c1-7(16)12(2,3)15-11(17)9-6-8(13)4-5-10(9)14/h4-7,16H,14H2,1-3H3,(H,15,17). The van der Waals surface area contributed by atoms with Crippen molar-refractivity contribution in [1.29, 1.82) is 0 Å². The fourth-order valence-corrected chi connectivity index (χ4v) is 1.36. The van der Waals surface area contributed by atoms with Crippen LogP contribution in [0.25, 0.3) is 0 Å². The van der Waals surface area contributed by atoms with Crippen molar-refractivity contribution in [2.24, 2.45) is 0 Å². The van der Waals surface area contributed by atoms with Gasteiger partial charge in [0.15, 0.2) is 0 Å². The summed E-state index contributed by atoms with van der Waals surface area (Å²) in [5, 5.41) is 12.7. The average Bonchev–Trinajstić information content (AvgIpc) is 2.20. The summed E-state index contributed by atoms with van der Waals surface area (Å²) in [5.74, 6) is -0.351. The summed E-state index contributed by atoms with van der Waals surface area (Å²) < 4.78 is 0. The van der Waals surface area contributed by atoms with Crippen molar-refractivity contribution in [3.05, 3.63) is 28.8 Å². The molecular weight excluding hydrogens is 240 g/mol. The first-order chi connectivity index (χ1) is 7.74. The highest BCUT2D eigenvalue weighted by atomic mass is 35.5. The van der Waals surface area contributed by atoms with Crippen molar-refractivity contribution < 1.29 is 9.90 Å². The maximum absolute atomic E-state index is 12.0. The number of rotatable bonds is 3. The molecule has 1 rings (SSSR count). The second-order valence-corrected chi connectivity index (χ2v) is 5.02. The lowest BCUT2D eigenvalue weighted by molar-refractivity contribution is 0.0710. The Hall–Kier alpha value is -1.26. The van der Waals surface area contributed by atoms with Gasteiger partial charge in [-0.3, -0.25) is 4.79 Å². The zero-order valence-corrected chi connectivity index (χ0v) is 10.9. The van der Waals surface area contributed by atoms with Gasteiger partial charge in [0.1, 0.15) is 0 Å². The molecular formula is C12H17ClN2O2. The third-order valence-electron chi connectivity index (χ3n) is 2.74. The summed E-state index contributed by atoms with van der Waals surface area (Å²) >= 11 is 5.81. The smallest absolute Gasteiger partial charge is 0.253 e. The number of carbonyl (C=O) groups is 1. The van der Waals surface area contributed by atoms with Crippen LogP contribution in [0.15, 0.2) is 18.2 Å². The van der Waals surface area contributed by atoms with Gasteiger partial charge in [-0.15, -0.1) is 0 Å². The van der Waals surface area contributed by atoms with E-state index in [2.05, 4.69) is 5.32 Å². The van der Waals surface area contributed by atoms with E-state index in [1.807, 2.05) is 0 Å². The highest BCUT2D eigenvalue weighted by Gasteiger charge is 2.27. The zero-order valence-electron chi connectivity index (χ0n) is 10.1. The molecule has 4 nitrogen and oxygen atoms in total. The number of aliphatic hydroxyl groups excluding tert-OH is 1. The number of amides is 1. The van der Waals surface area contributed by atoms with Gasteiger partial charge in [-0.2, -0.15) is 0 Å². The second-order valence-electron chi connectivity index (χ2n) is 4.58. The molecule has 94 valence electrons. The number of hydrogen-bond acceptors (Lipinski definition) is 3. The highest BCUT2D eigenvalue weighted by molar-refractivity contribution is 6.31. The molecule has 0 saturated carbocycles. The van der Waals surface area contributed by atoms with Crippen LogP contribution in [0.4, 0.5) is 5.69 Å². The number of halogens is 1. The number of nitrogens with one attached hydrogen (secondary N) is 1. The van der Waals surface area contributed by atoms with Crippen LogP contribution in [0.2, 0.25) is 5.02 Å². The van der Waals surface area contributed by atoms with E-state index in [0.29, 0.717) is 16.3 Å². The summed E-state index contributed by atoms with van der Waals surface area (Å²) in [4.78, 5) is 12.0. The van der Waals surface area contributed by atoms with Crippen molar-refractivity contribution in [1.82, 2.24) is 5.32 Å². The normalized spacial score (nSPS) is 13.2. The zero-order chi connectivity index (χ0) is 13.2. The summed E-state index contributed by atoms with van der Waals surface area (Å²) in [5.41, 5.74) is 5.64. The highest BCUT2D eigenvalue weighted by Crippen LogP contribution is 2.19. The Morgan fingerprint density at radius 1 is 1.53 bits per heavy atom. The summed E-state index contributed by atoms with van der Waals surface area (Å²) in [6.45, 7) is 5.08. The molecule has 0 heterocycles. The maximum Gasteiger partial charge on any atom is 0.253 e. The number of nitrogens with two attached hydrogens (primary N) is 1. The van der Waals surface area contributed by atoms with Gasteiger partial charge < -0.3 is 16.2 Å². The molecule has 17 heavy (non-hydrogen) atoms. The van der Waals surface area contributed by atoms with Gasteiger partial charge in [0.25, 0.3) is 5.91 Å². The maximum atomic E-state index is 12.0. The van der Waals surface area contributed by atoms with E-state index in [0.717, 1.165) is 0 Å². The molecule has 0 radical (unpaired) electrons. The Bertz CT molecular complexity index is 431. The fraction of sp³-hybridized carbons (Fsp3) is 0.417. The number of hydrogen-bond donors (Lipinski definition) is 3. The van der Waals surface area contributed by atoms with Crippen molar-refractivity contribution in [3.8, 4) is 0 Å². The lowest BCUT2D eigenvalue weighted by Gasteiger charge is -2.29.